The molecule has 1 aromatic heterocycles. The van der Waals surface area contributed by atoms with Crippen molar-refractivity contribution in [2.24, 2.45) is 0 Å². The number of rotatable bonds is 10. The predicted octanol–water partition coefficient (Wildman–Crippen LogP) is 2.39. The SMILES string of the molecule is COc1cccc(OC)c1CN(C(=O)[C@@H]1O[C@H](CO)[C@H](O)[C@H](n2cc(-c3cc(F)c(F)c(F)c3)nn2)[C@H]1OC)[C@H]1CCCC[C@@H]1O. The van der Waals surface area contributed by atoms with Gasteiger partial charge >= 0.3 is 0 Å². The Bertz CT molecular complexity index is 1480. The molecule has 5 rings (SSSR count). The van der Waals surface area contributed by atoms with Crippen LogP contribution in [0.3, 0.4) is 0 Å². The number of methoxy groups -OCH3 is 3. The molecule has 2 aromatic carbocycles. The minimum absolute atomic E-state index is 0.0315. The van der Waals surface area contributed by atoms with Gasteiger partial charge in [-0.25, -0.2) is 17.9 Å². The zero-order chi connectivity index (χ0) is 33.1. The van der Waals surface area contributed by atoms with Gasteiger partial charge in [0.05, 0.1) is 51.3 Å². The molecule has 1 aliphatic carbocycles. The highest BCUT2D eigenvalue weighted by atomic mass is 19.2. The van der Waals surface area contributed by atoms with Crippen molar-refractivity contribution in [3.05, 3.63) is 59.5 Å². The molecule has 2 aliphatic rings. The monoisotopic (exact) mass is 650 g/mol. The van der Waals surface area contributed by atoms with Crippen molar-refractivity contribution < 1.29 is 52.2 Å². The fraction of sp³-hybridized carbons (Fsp3) is 0.516. The summed E-state index contributed by atoms with van der Waals surface area (Å²) < 4.78 is 65.5. The fourth-order valence-electron chi connectivity index (χ4n) is 6.35. The first-order valence-electron chi connectivity index (χ1n) is 14.9. The summed E-state index contributed by atoms with van der Waals surface area (Å²) >= 11 is 0. The summed E-state index contributed by atoms with van der Waals surface area (Å²) in [6.07, 6.45) is -2.44. The number of carbonyl (C=O) groups is 1. The molecule has 1 saturated carbocycles. The lowest BCUT2D eigenvalue weighted by molar-refractivity contribution is -0.219. The van der Waals surface area contributed by atoms with E-state index in [1.165, 1.54) is 32.4 Å². The Balaban J connectivity index is 1.54. The molecule has 1 amide bonds. The molecular formula is C31H37F3N4O8. The van der Waals surface area contributed by atoms with E-state index in [1.807, 2.05) is 0 Å². The molecule has 12 nitrogen and oxygen atoms in total. The summed E-state index contributed by atoms with van der Waals surface area (Å²) in [5.74, 6) is -4.16. The second kappa shape index (κ2) is 14.3. The smallest absolute Gasteiger partial charge is 0.255 e. The Labute approximate surface area is 263 Å². The maximum Gasteiger partial charge on any atom is 0.255 e. The quantitative estimate of drug-likeness (QED) is 0.280. The largest absolute Gasteiger partial charge is 0.496 e. The van der Waals surface area contributed by atoms with Crippen LogP contribution in [0.5, 0.6) is 11.5 Å². The van der Waals surface area contributed by atoms with Crippen molar-refractivity contribution in [3.8, 4) is 22.8 Å². The molecule has 2 heterocycles. The average molecular weight is 651 g/mol. The van der Waals surface area contributed by atoms with Crippen molar-refractivity contribution in [2.75, 3.05) is 27.9 Å². The number of benzene rings is 2. The first-order chi connectivity index (χ1) is 22.1. The highest BCUT2D eigenvalue weighted by molar-refractivity contribution is 5.82. The van der Waals surface area contributed by atoms with Gasteiger partial charge in [-0.15, -0.1) is 5.10 Å². The molecule has 15 heteroatoms. The lowest BCUT2D eigenvalue weighted by atomic mass is 9.88. The number of aliphatic hydroxyl groups excluding tert-OH is 3. The van der Waals surface area contributed by atoms with Crippen molar-refractivity contribution in [2.45, 2.75) is 74.8 Å². The third kappa shape index (κ3) is 6.42. The molecule has 250 valence electrons. The molecule has 0 unspecified atom stereocenters. The Morgan fingerprint density at radius 1 is 1.07 bits per heavy atom. The Morgan fingerprint density at radius 3 is 2.30 bits per heavy atom. The number of aliphatic hydroxyl groups is 3. The zero-order valence-electron chi connectivity index (χ0n) is 25.6. The number of hydrogen-bond acceptors (Lipinski definition) is 10. The van der Waals surface area contributed by atoms with Crippen LogP contribution in [0.15, 0.2) is 36.5 Å². The van der Waals surface area contributed by atoms with E-state index in [0.29, 0.717) is 29.9 Å². The molecule has 2 fully saturated rings. The van der Waals surface area contributed by atoms with Gasteiger partial charge in [0.25, 0.3) is 5.91 Å². The van der Waals surface area contributed by atoms with E-state index < -0.39 is 72.6 Å². The van der Waals surface area contributed by atoms with Gasteiger partial charge in [0.15, 0.2) is 23.6 Å². The molecule has 1 aliphatic heterocycles. The first-order valence-corrected chi connectivity index (χ1v) is 14.9. The van der Waals surface area contributed by atoms with Gasteiger partial charge < -0.3 is 39.2 Å². The number of amides is 1. The summed E-state index contributed by atoms with van der Waals surface area (Å²) in [6.45, 7) is -0.712. The molecule has 1 saturated heterocycles. The second-order valence-electron chi connectivity index (χ2n) is 11.3. The Morgan fingerprint density at radius 2 is 1.72 bits per heavy atom. The van der Waals surface area contributed by atoms with E-state index in [-0.39, 0.29) is 17.8 Å². The summed E-state index contributed by atoms with van der Waals surface area (Å²) in [6, 6.07) is 4.90. The first kappa shape index (κ1) is 33.6. The summed E-state index contributed by atoms with van der Waals surface area (Å²) in [5, 5.41) is 40.5. The molecule has 46 heavy (non-hydrogen) atoms. The molecule has 0 spiro atoms. The minimum Gasteiger partial charge on any atom is -0.496 e. The van der Waals surface area contributed by atoms with Crippen LogP contribution >= 0.6 is 0 Å². The Hall–Kier alpha value is -3.76. The third-order valence-electron chi connectivity index (χ3n) is 8.71. The van der Waals surface area contributed by atoms with Crippen LogP contribution in [0, 0.1) is 17.5 Å². The van der Waals surface area contributed by atoms with Crippen LogP contribution < -0.4 is 9.47 Å². The van der Waals surface area contributed by atoms with E-state index in [1.54, 1.807) is 18.2 Å². The number of halogens is 3. The molecular weight excluding hydrogens is 613 g/mol. The number of carbonyl (C=O) groups excluding carboxylic acids is 1. The van der Waals surface area contributed by atoms with Gasteiger partial charge in [-0.2, -0.15) is 0 Å². The van der Waals surface area contributed by atoms with Crippen LogP contribution in [0.25, 0.3) is 11.3 Å². The summed E-state index contributed by atoms with van der Waals surface area (Å²) in [5.41, 5.74) is 0.385. The molecule has 0 bridgehead atoms. The maximum atomic E-state index is 14.6. The number of nitrogens with zero attached hydrogens (tertiary/aromatic N) is 4. The third-order valence-corrected chi connectivity index (χ3v) is 8.71. The molecule has 7 atom stereocenters. The van der Waals surface area contributed by atoms with E-state index >= 15 is 0 Å². The molecule has 0 radical (unpaired) electrons. The van der Waals surface area contributed by atoms with Crippen molar-refractivity contribution in [1.29, 1.82) is 0 Å². The van der Waals surface area contributed by atoms with Crippen LogP contribution in [-0.4, -0.2) is 106 Å². The highest BCUT2D eigenvalue weighted by Crippen LogP contribution is 2.37. The van der Waals surface area contributed by atoms with Gasteiger partial charge in [-0.05, 0) is 37.1 Å². The normalized spacial score (nSPS) is 26.5. The van der Waals surface area contributed by atoms with Gasteiger partial charge in [-0.1, -0.05) is 24.1 Å². The maximum absolute atomic E-state index is 14.6. The summed E-state index contributed by atoms with van der Waals surface area (Å²) in [4.78, 5) is 16.1. The van der Waals surface area contributed by atoms with Gasteiger partial charge in [0, 0.05) is 12.7 Å². The van der Waals surface area contributed by atoms with Crippen molar-refractivity contribution in [3.63, 3.8) is 0 Å². The van der Waals surface area contributed by atoms with Crippen LogP contribution in [0.4, 0.5) is 13.2 Å². The summed E-state index contributed by atoms with van der Waals surface area (Å²) in [7, 11) is 4.28. The van der Waals surface area contributed by atoms with E-state index in [4.69, 9.17) is 18.9 Å². The van der Waals surface area contributed by atoms with Gasteiger partial charge in [0.1, 0.15) is 41.5 Å². The van der Waals surface area contributed by atoms with Crippen molar-refractivity contribution >= 4 is 5.91 Å². The number of hydrogen-bond donors (Lipinski definition) is 3. The minimum atomic E-state index is -1.64. The standard InChI is InChI=1S/C31H37F3N4O8/c1-43-23-9-6-10-24(44-2)17(23)13-37(21-7-4-5-8-22(21)40)31(42)30-29(45-3)27(28(41)25(15-39)46-30)38-14-20(35-36-38)16-11-18(32)26(34)19(33)12-16/h6,9-12,14,21-22,25,27-30,39-41H,4-5,7-8,13,15H2,1-3H3/t21-,22-,25+,27-,28-,29+,30+/m0/s1. The van der Waals surface area contributed by atoms with Crippen LogP contribution in [0.1, 0.15) is 37.3 Å². The average Bonchev–Trinajstić information content (AvgIpc) is 3.55. The van der Waals surface area contributed by atoms with Crippen LogP contribution in [-0.2, 0) is 20.8 Å². The van der Waals surface area contributed by atoms with E-state index in [2.05, 4.69) is 10.3 Å². The lowest BCUT2D eigenvalue weighted by Gasteiger charge is -2.46. The van der Waals surface area contributed by atoms with Crippen LogP contribution in [0.2, 0.25) is 0 Å². The van der Waals surface area contributed by atoms with Gasteiger partial charge in [0.2, 0.25) is 0 Å². The lowest BCUT2D eigenvalue weighted by Crippen LogP contribution is -2.62. The zero-order valence-corrected chi connectivity index (χ0v) is 25.6. The Kier molecular flexibility index (Phi) is 10.5. The molecule has 3 N–H and O–H groups in total. The number of ether oxygens (including phenoxy) is 4. The predicted molar refractivity (Wildman–Crippen MR) is 155 cm³/mol. The topological polar surface area (TPSA) is 149 Å². The van der Waals surface area contributed by atoms with E-state index in [0.717, 1.165) is 29.7 Å². The van der Waals surface area contributed by atoms with Gasteiger partial charge in [-0.3, -0.25) is 4.79 Å². The fourth-order valence-corrected chi connectivity index (χ4v) is 6.35. The van der Waals surface area contributed by atoms with E-state index in [9.17, 15) is 33.3 Å². The molecule has 3 aromatic rings. The van der Waals surface area contributed by atoms with Crippen molar-refractivity contribution in [1.82, 2.24) is 19.9 Å². The second-order valence-corrected chi connectivity index (χ2v) is 11.3. The highest BCUT2D eigenvalue weighted by Gasteiger charge is 2.52. The number of aromatic nitrogens is 3.